The number of aromatic nitrogens is 1. The van der Waals surface area contributed by atoms with Gasteiger partial charge in [-0.15, -0.1) is 0 Å². The van der Waals surface area contributed by atoms with Crippen LogP contribution in [-0.4, -0.2) is 23.2 Å². The molecule has 0 bridgehead atoms. The Morgan fingerprint density at radius 1 is 1.24 bits per heavy atom. The number of para-hydroxylation sites is 1. The minimum Gasteiger partial charge on any atom is -0.395 e. The van der Waals surface area contributed by atoms with E-state index in [9.17, 15) is 0 Å². The molecule has 0 atom stereocenters. The third-order valence-corrected chi connectivity index (χ3v) is 3.10. The molecule has 0 radical (unpaired) electrons. The molecule has 0 spiro atoms. The maximum atomic E-state index is 8.81. The standard InChI is InChI=1S/C14H18N2O/c1-10-11(2)16-14-6-4-3-5-12(14)13(10)9-15-7-8-17/h3-6,15,17H,7-9H2,1-2H3. The van der Waals surface area contributed by atoms with E-state index in [1.165, 1.54) is 16.5 Å². The molecule has 0 aliphatic carbocycles. The lowest BCUT2D eigenvalue weighted by Gasteiger charge is -2.12. The molecule has 0 saturated heterocycles. The van der Waals surface area contributed by atoms with Crippen molar-refractivity contribution in [3.63, 3.8) is 0 Å². The molecule has 0 saturated carbocycles. The van der Waals surface area contributed by atoms with Crippen LogP contribution in [0.4, 0.5) is 0 Å². The highest BCUT2D eigenvalue weighted by Gasteiger charge is 2.08. The van der Waals surface area contributed by atoms with E-state index >= 15 is 0 Å². The van der Waals surface area contributed by atoms with Crippen LogP contribution in [0.5, 0.6) is 0 Å². The summed E-state index contributed by atoms with van der Waals surface area (Å²) in [7, 11) is 0. The first kappa shape index (κ1) is 12.0. The second kappa shape index (κ2) is 5.25. The van der Waals surface area contributed by atoms with Gasteiger partial charge < -0.3 is 10.4 Å². The van der Waals surface area contributed by atoms with Crippen LogP contribution in [0.1, 0.15) is 16.8 Å². The largest absolute Gasteiger partial charge is 0.395 e. The van der Waals surface area contributed by atoms with E-state index in [1.807, 2.05) is 25.1 Å². The molecule has 2 aromatic rings. The van der Waals surface area contributed by atoms with Gasteiger partial charge in [-0.25, -0.2) is 0 Å². The van der Waals surface area contributed by atoms with E-state index in [0.29, 0.717) is 6.54 Å². The second-order valence-electron chi connectivity index (χ2n) is 4.22. The van der Waals surface area contributed by atoms with Crippen molar-refractivity contribution in [1.29, 1.82) is 0 Å². The Morgan fingerprint density at radius 3 is 2.76 bits per heavy atom. The second-order valence-corrected chi connectivity index (χ2v) is 4.22. The van der Waals surface area contributed by atoms with Gasteiger partial charge in [-0.2, -0.15) is 0 Å². The van der Waals surface area contributed by atoms with Gasteiger partial charge in [-0.1, -0.05) is 18.2 Å². The zero-order valence-electron chi connectivity index (χ0n) is 10.3. The van der Waals surface area contributed by atoms with Gasteiger partial charge >= 0.3 is 0 Å². The quantitative estimate of drug-likeness (QED) is 0.789. The minimum absolute atomic E-state index is 0.168. The molecule has 1 heterocycles. The van der Waals surface area contributed by atoms with Crippen LogP contribution >= 0.6 is 0 Å². The predicted octanol–water partition coefficient (Wildman–Crippen LogP) is 1.93. The van der Waals surface area contributed by atoms with Crippen LogP contribution in [0, 0.1) is 13.8 Å². The van der Waals surface area contributed by atoms with Gasteiger partial charge in [0.05, 0.1) is 12.1 Å². The van der Waals surface area contributed by atoms with Crippen molar-refractivity contribution in [3.8, 4) is 0 Å². The van der Waals surface area contributed by atoms with E-state index in [4.69, 9.17) is 5.11 Å². The lowest BCUT2D eigenvalue weighted by atomic mass is 10.0. The van der Waals surface area contributed by atoms with Gasteiger partial charge in [-0.05, 0) is 31.0 Å². The smallest absolute Gasteiger partial charge is 0.0708 e. The average molecular weight is 230 g/mol. The number of hydrogen-bond donors (Lipinski definition) is 2. The van der Waals surface area contributed by atoms with E-state index in [1.54, 1.807) is 0 Å². The summed E-state index contributed by atoms with van der Waals surface area (Å²) < 4.78 is 0. The van der Waals surface area contributed by atoms with Crippen molar-refractivity contribution < 1.29 is 5.11 Å². The topological polar surface area (TPSA) is 45.2 Å². The lowest BCUT2D eigenvalue weighted by Crippen LogP contribution is -2.18. The fourth-order valence-electron chi connectivity index (χ4n) is 2.03. The summed E-state index contributed by atoms with van der Waals surface area (Å²) in [5, 5.41) is 13.2. The molecule has 0 aliphatic heterocycles. The number of hydrogen-bond acceptors (Lipinski definition) is 3. The van der Waals surface area contributed by atoms with Crippen LogP contribution < -0.4 is 5.32 Å². The maximum absolute atomic E-state index is 8.81. The molecular weight excluding hydrogens is 212 g/mol. The molecule has 3 nitrogen and oxygen atoms in total. The zero-order chi connectivity index (χ0) is 12.3. The fraction of sp³-hybridized carbons (Fsp3) is 0.357. The van der Waals surface area contributed by atoms with Crippen LogP contribution in [0.15, 0.2) is 24.3 Å². The SMILES string of the molecule is Cc1nc2ccccc2c(CNCCO)c1C. The Morgan fingerprint density at radius 2 is 2.00 bits per heavy atom. The molecule has 90 valence electrons. The highest BCUT2D eigenvalue weighted by atomic mass is 16.3. The number of aliphatic hydroxyl groups excluding tert-OH is 1. The van der Waals surface area contributed by atoms with Crippen molar-refractivity contribution >= 4 is 10.9 Å². The molecule has 1 aromatic heterocycles. The molecular formula is C14H18N2O. The van der Waals surface area contributed by atoms with E-state index in [0.717, 1.165) is 17.8 Å². The van der Waals surface area contributed by atoms with Crippen LogP contribution in [-0.2, 0) is 6.54 Å². The Hall–Kier alpha value is -1.45. The summed E-state index contributed by atoms with van der Waals surface area (Å²) in [6.07, 6.45) is 0. The average Bonchev–Trinajstić information content (AvgIpc) is 2.34. The molecule has 1 aromatic carbocycles. The Labute approximate surface area is 102 Å². The van der Waals surface area contributed by atoms with Crippen LogP contribution in [0.2, 0.25) is 0 Å². The van der Waals surface area contributed by atoms with Gasteiger partial charge in [0.15, 0.2) is 0 Å². The third kappa shape index (κ3) is 2.46. The number of rotatable bonds is 4. The minimum atomic E-state index is 0.168. The van der Waals surface area contributed by atoms with Gasteiger partial charge in [0.2, 0.25) is 0 Å². The number of aliphatic hydroxyl groups is 1. The molecule has 0 fully saturated rings. The predicted molar refractivity (Wildman–Crippen MR) is 70.0 cm³/mol. The van der Waals surface area contributed by atoms with Crippen molar-refractivity contribution in [2.24, 2.45) is 0 Å². The number of nitrogens with zero attached hydrogens (tertiary/aromatic N) is 1. The summed E-state index contributed by atoms with van der Waals surface area (Å²) in [4.78, 5) is 4.59. The molecule has 0 amide bonds. The monoisotopic (exact) mass is 230 g/mol. The number of pyridine rings is 1. The molecule has 17 heavy (non-hydrogen) atoms. The van der Waals surface area contributed by atoms with Gasteiger partial charge in [0, 0.05) is 24.2 Å². The maximum Gasteiger partial charge on any atom is 0.0708 e. The van der Waals surface area contributed by atoms with Crippen molar-refractivity contribution in [1.82, 2.24) is 10.3 Å². The fourth-order valence-corrected chi connectivity index (χ4v) is 2.03. The van der Waals surface area contributed by atoms with E-state index in [2.05, 4.69) is 23.3 Å². The first-order chi connectivity index (χ1) is 8.24. The summed E-state index contributed by atoms with van der Waals surface area (Å²) in [5.74, 6) is 0. The van der Waals surface area contributed by atoms with Crippen molar-refractivity contribution in [3.05, 3.63) is 41.1 Å². The Balaban J connectivity index is 2.46. The van der Waals surface area contributed by atoms with E-state index in [-0.39, 0.29) is 6.61 Å². The Bertz CT molecular complexity index is 523. The van der Waals surface area contributed by atoms with Crippen LogP contribution in [0.3, 0.4) is 0 Å². The molecule has 0 unspecified atom stereocenters. The zero-order valence-corrected chi connectivity index (χ0v) is 10.3. The highest BCUT2D eigenvalue weighted by Crippen LogP contribution is 2.22. The summed E-state index contributed by atoms with van der Waals surface area (Å²) in [5.41, 5.74) is 4.62. The summed E-state index contributed by atoms with van der Waals surface area (Å²) in [6, 6.07) is 8.19. The van der Waals surface area contributed by atoms with Crippen LogP contribution in [0.25, 0.3) is 10.9 Å². The van der Waals surface area contributed by atoms with Gasteiger partial charge in [0.1, 0.15) is 0 Å². The molecule has 2 rings (SSSR count). The lowest BCUT2D eigenvalue weighted by molar-refractivity contribution is 0.292. The number of nitrogens with one attached hydrogen (secondary N) is 1. The number of aryl methyl sites for hydroxylation is 1. The first-order valence-electron chi connectivity index (χ1n) is 5.90. The third-order valence-electron chi connectivity index (χ3n) is 3.10. The normalized spacial score (nSPS) is 11.0. The molecule has 2 N–H and O–H groups in total. The number of benzene rings is 1. The van der Waals surface area contributed by atoms with Gasteiger partial charge in [-0.3, -0.25) is 4.98 Å². The van der Waals surface area contributed by atoms with Crippen molar-refractivity contribution in [2.75, 3.05) is 13.2 Å². The molecule has 3 heteroatoms. The van der Waals surface area contributed by atoms with Gasteiger partial charge in [0.25, 0.3) is 0 Å². The highest BCUT2D eigenvalue weighted by molar-refractivity contribution is 5.83. The van der Waals surface area contributed by atoms with Crippen molar-refractivity contribution in [2.45, 2.75) is 20.4 Å². The number of fused-ring (bicyclic) bond motifs is 1. The Kier molecular flexibility index (Phi) is 3.71. The first-order valence-corrected chi connectivity index (χ1v) is 5.90. The summed E-state index contributed by atoms with van der Waals surface area (Å²) in [6.45, 7) is 5.70. The summed E-state index contributed by atoms with van der Waals surface area (Å²) >= 11 is 0. The molecule has 0 aliphatic rings. The van der Waals surface area contributed by atoms with E-state index < -0.39 is 0 Å².